The number of benzene rings is 2. The molecule has 4 rings (SSSR count). The molecule has 0 unspecified atom stereocenters. The predicted octanol–water partition coefficient (Wildman–Crippen LogP) is 2.04. The maximum atomic E-state index is 10.6. The minimum Gasteiger partial charge on any atom is -0.457 e. The Morgan fingerprint density at radius 1 is 0.857 bits per heavy atom. The van der Waals surface area contributed by atoms with Gasteiger partial charge in [0.05, 0.1) is 32.9 Å². The van der Waals surface area contributed by atoms with E-state index < -0.39 is 9.85 Å². The fraction of sp³-hybridized carbons (Fsp3) is 0. The molecule has 4 aromatic rings. The lowest BCUT2D eigenvalue weighted by Crippen LogP contribution is -2.07. The highest BCUT2D eigenvalue weighted by Gasteiger charge is 2.19. The second kappa shape index (κ2) is 7.52. The Hall–Kier alpha value is -4.30. The van der Waals surface area contributed by atoms with Gasteiger partial charge in [-0.1, -0.05) is 0 Å². The number of rotatable bonds is 4. The van der Waals surface area contributed by atoms with E-state index in [1.54, 1.807) is 6.07 Å². The number of nitrogens with zero attached hydrogens (tertiary/aromatic N) is 4. The van der Waals surface area contributed by atoms with Crippen LogP contribution in [0.3, 0.4) is 0 Å². The number of hydrogen-bond acceptors (Lipinski definition) is 12. The van der Waals surface area contributed by atoms with Crippen LogP contribution < -0.4 is 22.5 Å². The van der Waals surface area contributed by atoms with Gasteiger partial charge in [0.25, 0.3) is 0 Å². The van der Waals surface area contributed by atoms with Gasteiger partial charge < -0.3 is 15.3 Å². The van der Waals surface area contributed by atoms with Crippen LogP contribution in [0.1, 0.15) is 0 Å². The Bertz CT molecular complexity index is 1080. The van der Waals surface area contributed by atoms with Crippen LogP contribution in [0.25, 0.3) is 22.0 Å². The fourth-order valence-electron chi connectivity index (χ4n) is 2.43. The Balaban J connectivity index is 0.000000161. The van der Waals surface area contributed by atoms with Crippen molar-refractivity contribution in [3.63, 3.8) is 0 Å². The highest BCUT2D eigenvalue weighted by molar-refractivity contribution is 5.96. The van der Waals surface area contributed by atoms with E-state index in [1.807, 2.05) is 0 Å². The SMILES string of the molecule is NNc1ccc([N+](=O)[O-])c2nonc12.NNc1ccc([N+](=O)[O-])c2occc12. The van der Waals surface area contributed by atoms with Crippen LogP contribution >= 0.6 is 0 Å². The number of nitro groups is 2. The van der Waals surface area contributed by atoms with Crippen molar-refractivity contribution in [2.45, 2.75) is 0 Å². The van der Waals surface area contributed by atoms with Crippen LogP contribution in [0.4, 0.5) is 22.7 Å². The predicted molar refractivity (Wildman–Crippen MR) is 96.9 cm³/mol. The Kier molecular flexibility index (Phi) is 4.97. The molecule has 0 fully saturated rings. The average Bonchev–Trinajstić information content (AvgIpc) is 3.36. The zero-order valence-corrected chi connectivity index (χ0v) is 13.9. The van der Waals surface area contributed by atoms with Crippen molar-refractivity contribution < 1.29 is 18.9 Å². The van der Waals surface area contributed by atoms with Gasteiger partial charge >= 0.3 is 11.4 Å². The zero-order chi connectivity index (χ0) is 20.3. The van der Waals surface area contributed by atoms with Crippen molar-refractivity contribution in [2.75, 3.05) is 10.9 Å². The number of nitrogens with two attached hydrogens (primary N) is 2. The fourth-order valence-corrected chi connectivity index (χ4v) is 2.43. The number of nitrogen functional groups attached to an aromatic ring is 2. The van der Waals surface area contributed by atoms with Crippen molar-refractivity contribution in [3.8, 4) is 0 Å². The molecule has 0 saturated heterocycles. The summed E-state index contributed by atoms with van der Waals surface area (Å²) in [5.74, 6) is 10.4. The monoisotopic (exact) mass is 388 g/mol. The van der Waals surface area contributed by atoms with E-state index in [0.29, 0.717) is 16.8 Å². The highest BCUT2D eigenvalue weighted by atomic mass is 16.6. The molecule has 2 heterocycles. The van der Waals surface area contributed by atoms with Gasteiger partial charge in [0, 0.05) is 12.1 Å². The number of hydrazine groups is 2. The zero-order valence-electron chi connectivity index (χ0n) is 13.9. The van der Waals surface area contributed by atoms with Crippen LogP contribution in [0.5, 0.6) is 0 Å². The third-order valence-corrected chi connectivity index (χ3v) is 3.69. The first kappa shape index (κ1) is 18.5. The van der Waals surface area contributed by atoms with E-state index in [9.17, 15) is 20.2 Å². The lowest BCUT2D eigenvalue weighted by Gasteiger charge is -2.00. The summed E-state index contributed by atoms with van der Waals surface area (Å²) in [4.78, 5) is 20.1. The third-order valence-electron chi connectivity index (χ3n) is 3.69. The summed E-state index contributed by atoms with van der Waals surface area (Å²) in [5.41, 5.74) is 6.10. The van der Waals surface area contributed by atoms with Gasteiger partial charge in [0.1, 0.15) is 0 Å². The first-order valence-corrected chi connectivity index (χ1v) is 7.45. The lowest BCUT2D eigenvalue weighted by atomic mass is 10.2. The molecular formula is C14H12N8O6. The Morgan fingerprint density at radius 2 is 1.46 bits per heavy atom. The second-order valence-corrected chi connectivity index (χ2v) is 5.19. The summed E-state index contributed by atoms with van der Waals surface area (Å²) in [6.07, 6.45) is 1.39. The number of fused-ring (bicyclic) bond motifs is 2. The minimum atomic E-state index is -0.563. The van der Waals surface area contributed by atoms with Crippen LogP contribution in [-0.4, -0.2) is 20.2 Å². The topological polar surface area (TPSA) is 214 Å². The molecule has 14 nitrogen and oxygen atoms in total. The van der Waals surface area contributed by atoms with Crippen LogP contribution in [0.2, 0.25) is 0 Å². The molecule has 2 aromatic heterocycles. The molecule has 0 aliphatic rings. The molecule has 28 heavy (non-hydrogen) atoms. The van der Waals surface area contributed by atoms with Crippen molar-refractivity contribution in [1.82, 2.24) is 10.3 Å². The lowest BCUT2D eigenvalue weighted by molar-refractivity contribution is -0.383. The maximum Gasteiger partial charge on any atom is 0.312 e. The van der Waals surface area contributed by atoms with Gasteiger partial charge in [-0.15, -0.1) is 0 Å². The minimum absolute atomic E-state index is 0.0657. The smallest absolute Gasteiger partial charge is 0.312 e. The van der Waals surface area contributed by atoms with E-state index in [-0.39, 0.29) is 28.0 Å². The molecule has 6 N–H and O–H groups in total. The molecule has 0 bridgehead atoms. The van der Waals surface area contributed by atoms with Crippen LogP contribution in [0.15, 0.2) is 45.6 Å². The van der Waals surface area contributed by atoms with Crippen LogP contribution in [-0.2, 0) is 0 Å². The summed E-state index contributed by atoms with van der Waals surface area (Å²) in [5, 5.41) is 28.7. The first-order valence-electron chi connectivity index (χ1n) is 7.45. The normalized spacial score (nSPS) is 10.4. The van der Waals surface area contributed by atoms with Gasteiger partial charge in [0.15, 0.2) is 5.52 Å². The number of aromatic nitrogens is 2. The van der Waals surface area contributed by atoms with Crippen LogP contribution in [0, 0.1) is 20.2 Å². The summed E-state index contributed by atoms with van der Waals surface area (Å²) >= 11 is 0. The molecule has 0 aliphatic carbocycles. The summed E-state index contributed by atoms with van der Waals surface area (Å²) < 4.78 is 9.41. The Morgan fingerprint density at radius 3 is 2.11 bits per heavy atom. The van der Waals surface area contributed by atoms with Crippen molar-refractivity contribution in [1.29, 1.82) is 0 Å². The maximum absolute atomic E-state index is 10.6. The van der Waals surface area contributed by atoms with Crippen molar-refractivity contribution in [3.05, 3.63) is 56.8 Å². The molecule has 0 aliphatic heterocycles. The summed E-state index contributed by atoms with van der Waals surface area (Å²) in [6.45, 7) is 0. The van der Waals surface area contributed by atoms with Gasteiger partial charge in [-0.05, 0) is 28.5 Å². The third kappa shape index (κ3) is 3.22. The second-order valence-electron chi connectivity index (χ2n) is 5.19. The van der Waals surface area contributed by atoms with E-state index in [4.69, 9.17) is 16.1 Å². The first-order chi connectivity index (χ1) is 13.5. The molecule has 0 saturated carbocycles. The summed E-state index contributed by atoms with van der Waals surface area (Å²) in [6, 6.07) is 7.22. The van der Waals surface area contributed by atoms with Gasteiger partial charge in [-0.2, -0.15) is 0 Å². The molecular weight excluding hydrogens is 376 g/mol. The number of furan rings is 1. The van der Waals surface area contributed by atoms with Gasteiger partial charge in [-0.3, -0.25) is 31.9 Å². The Labute approximate surface area is 154 Å². The average molecular weight is 388 g/mol. The number of hydrogen-bond donors (Lipinski definition) is 4. The van der Waals surface area contributed by atoms with E-state index >= 15 is 0 Å². The van der Waals surface area contributed by atoms with E-state index in [2.05, 4.69) is 25.8 Å². The number of anilines is 2. The molecule has 0 amide bonds. The van der Waals surface area contributed by atoms with E-state index in [1.165, 1.54) is 30.5 Å². The molecule has 2 aromatic carbocycles. The van der Waals surface area contributed by atoms with Crippen molar-refractivity contribution >= 4 is 44.8 Å². The molecule has 0 spiro atoms. The molecule has 0 radical (unpaired) electrons. The van der Waals surface area contributed by atoms with Gasteiger partial charge in [0.2, 0.25) is 11.1 Å². The quantitative estimate of drug-likeness (QED) is 0.224. The van der Waals surface area contributed by atoms with Crippen molar-refractivity contribution in [2.24, 2.45) is 11.7 Å². The summed E-state index contributed by atoms with van der Waals surface area (Å²) in [7, 11) is 0. The molecule has 0 atom stereocenters. The molecule has 144 valence electrons. The largest absolute Gasteiger partial charge is 0.457 e. The number of non-ortho nitro benzene ring substituents is 2. The van der Waals surface area contributed by atoms with Gasteiger partial charge in [-0.25, -0.2) is 4.63 Å². The number of nitrogens with one attached hydrogen (secondary N) is 2. The highest BCUT2D eigenvalue weighted by Crippen LogP contribution is 2.31. The number of nitro benzene ring substituents is 2. The molecule has 14 heteroatoms. The van der Waals surface area contributed by atoms with E-state index in [0.717, 1.165) is 0 Å². The standard InChI is InChI=1S/C8H7N3O3.C6H5N5O3/c9-10-6-1-2-7(11(12)13)8-5(6)3-4-14-8;7-8-3-1-2-4(11(12)13)6-5(3)9-14-10-6/h1-4,10H,9H2;1-2,8H,7H2.